The van der Waals surface area contributed by atoms with Gasteiger partial charge in [0.15, 0.2) is 4.80 Å². The van der Waals surface area contributed by atoms with Gasteiger partial charge in [-0.25, -0.2) is 9.79 Å². The molecule has 0 saturated carbocycles. The lowest BCUT2D eigenvalue weighted by Gasteiger charge is -2.25. The van der Waals surface area contributed by atoms with Gasteiger partial charge in [-0.1, -0.05) is 53.8 Å². The molecule has 0 fully saturated rings. The highest BCUT2D eigenvalue weighted by molar-refractivity contribution is 7.07. The Morgan fingerprint density at radius 1 is 1.08 bits per heavy atom. The first-order valence-electron chi connectivity index (χ1n) is 11.9. The van der Waals surface area contributed by atoms with E-state index in [4.69, 9.17) is 14.2 Å². The molecule has 0 saturated heterocycles. The summed E-state index contributed by atoms with van der Waals surface area (Å²) in [4.78, 5) is 32.3. The van der Waals surface area contributed by atoms with E-state index in [9.17, 15) is 9.59 Å². The van der Waals surface area contributed by atoms with Crippen LogP contribution in [0.15, 0.2) is 81.7 Å². The molecule has 2 heterocycles. The molecule has 0 radical (unpaired) electrons. The molecule has 1 aliphatic heterocycles. The van der Waals surface area contributed by atoms with Crippen LogP contribution in [0.4, 0.5) is 0 Å². The maximum absolute atomic E-state index is 13.9. The van der Waals surface area contributed by atoms with E-state index >= 15 is 0 Å². The van der Waals surface area contributed by atoms with E-state index in [-0.39, 0.29) is 12.2 Å². The van der Waals surface area contributed by atoms with Gasteiger partial charge in [0.1, 0.15) is 11.5 Å². The fourth-order valence-electron chi connectivity index (χ4n) is 4.65. The maximum Gasteiger partial charge on any atom is 0.338 e. The highest BCUT2D eigenvalue weighted by Gasteiger charge is 2.34. The second-order valence-electron chi connectivity index (χ2n) is 8.48. The molecule has 8 heteroatoms. The lowest BCUT2D eigenvalue weighted by molar-refractivity contribution is -0.139. The van der Waals surface area contributed by atoms with Crippen LogP contribution in [0.3, 0.4) is 0 Å². The minimum Gasteiger partial charge on any atom is -0.497 e. The topological polar surface area (TPSA) is 79.1 Å². The Hall–Kier alpha value is -4.17. The molecule has 4 aromatic rings. The summed E-state index contributed by atoms with van der Waals surface area (Å²) in [6.45, 7) is 3.77. The zero-order valence-electron chi connectivity index (χ0n) is 21.0. The monoisotopic (exact) mass is 514 g/mol. The maximum atomic E-state index is 13.9. The Morgan fingerprint density at radius 3 is 2.62 bits per heavy atom. The normalized spacial score (nSPS) is 15.4. The third-order valence-electron chi connectivity index (χ3n) is 6.36. The van der Waals surface area contributed by atoms with Gasteiger partial charge < -0.3 is 14.2 Å². The third-order valence-corrected chi connectivity index (χ3v) is 7.35. The Bertz CT molecular complexity index is 1730. The number of nitrogens with zero attached hydrogens (tertiary/aromatic N) is 2. The Kier molecular flexibility index (Phi) is 6.67. The molecule has 1 aromatic heterocycles. The molecule has 7 nitrogen and oxygen atoms in total. The smallest absolute Gasteiger partial charge is 0.338 e. The van der Waals surface area contributed by atoms with E-state index in [2.05, 4.69) is 4.99 Å². The molecule has 37 heavy (non-hydrogen) atoms. The average molecular weight is 515 g/mol. The Labute approximate surface area is 217 Å². The molecular weight excluding hydrogens is 488 g/mol. The van der Waals surface area contributed by atoms with Crippen LogP contribution in [0.2, 0.25) is 0 Å². The summed E-state index contributed by atoms with van der Waals surface area (Å²) in [6.07, 6.45) is 1.78. The summed E-state index contributed by atoms with van der Waals surface area (Å²) in [7, 11) is 3.16. The number of thiazole rings is 1. The average Bonchev–Trinajstić information content (AvgIpc) is 3.22. The zero-order valence-corrected chi connectivity index (χ0v) is 21.8. The second-order valence-corrected chi connectivity index (χ2v) is 9.49. The van der Waals surface area contributed by atoms with Crippen molar-refractivity contribution >= 4 is 34.2 Å². The molecule has 188 valence electrons. The van der Waals surface area contributed by atoms with Crippen LogP contribution >= 0.6 is 11.3 Å². The van der Waals surface area contributed by atoms with Gasteiger partial charge in [0, 0.05) is 11.6 Å². The highest BCUT2D eigenvalue weighted by Crippen LogP contribution is 2.35. The predicted octanol–water partition coefficient (Wildman–Crippen LogP) is 3.97. The van der Waals surface area contributed by atoms with Crippen LogP contribution in [0.25, 0.3) is 16.8 Å². The number of esters is 1. The molecule has 5 rings (SSSR count). The molecule has 0 bridgehead atoms. The van der Waals surface area contributed by atoms with Gasteiger partial charge in [-0.3, -0.25) is 9.36 Å². The van der Waals surface area contributed by atoms with Gasteiger partial charge in [-0.05, 0) is 48.4 Å². The largest absolute Gasteiger partial charge is 0.497 e. The molecular formula is C29H26N2O5S. The summed E-state index contributed by atoms with van der Waals surface area (Å²) in [5, 5.41) is 1.97. The number of hydrogen-bond acceptors (Lipinski definition) is 7. The summed E-state index contributed by atoms with van der Waals surface area (Å²) in [6, 6.07) is 18.6. The van der Waals surface area contributed by atoms with Crippen molar-refractivity contribution in [3.8, 4) is 11.5 Å². The van der Waals surface area contributed by atoms with Crippen molar-refractivity contribution in [3.05, 3.63) is 103 Å². The molecule has 0 amide bonds. The minimum atomic E-state index is -0.679. The molecule has 1 aliphatic rings. The van der Waals surface area contributed by atoms with Crippen LogP contribution < -0.4 is 24.4 Å². The SMILES string of the molecule is CCOC(=O)C1=C(C)N=c2s/c(=C/c3ccc(OC)cc3OC)c(=O)n2[C@@H]1c1cccc2ccccc12. The van der Waals surface area contributed by atoms with Crippen molar-refractivity contribution in [2.45, 2.75) is 19.9 Å². The van der Waals surface area contributed by atoms with Crippen molar-refractivity contribution in [2.75, 3.05) is 20.8 Å². The number of aromatic nitrogens is 1. The first kappa shape index (κ1) is 24.5. The lowest BCUT2D eigenvalue weighted by atomic mass is 9.91. The second kappa shape index (κ2) is 10.1. The van der Waals surface area contributed by atoms with E-state index < -0.39 is 12.0 Å². The first-order valence-corrected chi connectivity index (χ1v) is 12.7. The highest BCUT2D eigenvalue weighted by atomic mass is 32.1. The molecule has 0 N–H and O–H groups in total. The molecule has 3 aromatic carbocycles. The van der Waals surface area contributed by atoms with E-state index in [1.165, 1.54) is 11.3 Å². The first-order chi connectivity index (χ1) is 18.0. The van der Waals surface area contributed by atoms with Crippen molar-refractivity contribution in [1.82, 2.24) is 4.57 Å². The number of rotatable bonds is 6. The van der Waals surface area contributed by atoms with Crippen LogP contribution in [0.1, 0.15) is 31.0 Å². The van der Waals surface area contributed by atoms with E-state index in [1.54, 1.807) is 44.8 Å². The summed E-state index contributed by atoms with van der Waals surface area (Å²) < 4.78 is 18.3. The number of fused-ring (bicyclic) bond motifs is 2. The fraction of sp³-hybridized carbons (Fsp3) is 0.207. The number of ether oxygens (including phenoxy) is 3. The van der Waals surface area contributed by atoms with Crippen LogP contribution in [0, 0.1) is 0 Å². The van der Waals surface area contributed by atoms with Gasteiger partial charge in [0.2, 0.25) is 0 Å². The summed E-state index contributed by atoms with van der Waals surface area (Å²) in [5.74, 6) is 0.757. The van der Waals surface area contributed by atoms with Crippen molar-refractivity contribution in [3.63, 3.8) is 0 Å². The van der Waals surface area contributed by atoms with E-state index in [0.717, 1.165) is 21.9 Å². The summed E-state index contributed by atoms with van der Waals surface area (Å²) >= 11 is 1.28. The minimum absolute atomic E-state index is 0.222. The Morgan fingerprint density at radius 2 is 1.86 bits per heavy atom. The number of methoxy groups -OCH3 is 2. The third kappa shape index (κ3) is 4.34. The van der Waals surface area contributed by atoms with Crippen molar-refractivity contribution < 1.29 is 19.0 Å². The Balaban J connectivity index is 1.78. The van der Waals surface area contributed by atoms with E-state index in [0.29, 0.717) is 32.1 Å². The van der Waals surface area contributed by atoms with Crippen molar-refractivity contribution in [2.24, 2.45) is 4.99 Å². The predicted molar refractivity (Wildman–Crippen MR) is 144 cm³/mol. The summed E-state index contributed by atoms with van der Waals surface area (Å²) in [5.41, 5.74) is 2.22. The van der Waals surface area contributed by atoms with Crippen LogP contribution in [-0.2, 0) is 9.53 Å². The molecule has 1 atom stereocenters. The van der Waals surface area contributed by atoms with Crippen molar-refractivity contribution in [1.29, 1.82) is 0 Å². The van der Waals surface area contributed by atoms with Gasteiger partial charge in [-0.15, -0.1) is 0 Å². The number of carbonyl (C=O) groups excluding carboxylic acids is 1. The molecule has 0 spiro atoms. The van der Waals surface area contributed by atoms with Gasteiger partial charge in [0.25, 0.3) is 5.56 Å². The zero-order chi connectivity index (χ0) is 26.1. The number of benzene rings is 3. The number of hydrogen-bond donors (Lipinski definition) is 0. The molecule has 0 aliphatic carbocycles. The van der Waals surface area contributed by atoms with E-state index in [1.807, 2.05) is 54.6 Å². The van der Waals surface area contributed by atoms with Gasteiger partial charge >= 0.3 is 5.97 Å². The number of allylic oxidation sites excluding steroid dienone is 1. The van der Waals surface area contributed by atoms with Crippen LogP contribution in [0.5, 0.6) is 11.5 Å². The standard InChI is InChI=1S/C29H26N2O5S/c1-5-36-28(33)25-17(2)30-29-31(26(25)22-12-8-10-18-9-6-7-11-21(18)22)27(32)24(37-29)15-19-13-14-20(34-3)16-23(19)35-4/h6-16,26H,5H2,1-4H3/b24-15+/t26-/m1/s1. The van der Waals surface area contributed by atoms with Gasteiger partial charge in [-0.2, -0.15) is 0 Å². The quantitative estimate of drug-likeness (QED) is 0.364. The number of carbonyl (C=O) groups is 1. The van der Waals surface area contributed by atoms with Gasteiger partial charge in [0.05, 0.1) is 42.7 Å². The van der Waals surface area contributed by atoms with Crippen LogP contribution in [-0.4, -0.2) is 31.4 Å². The fourth-order valence-corrected chi connectivity index (χ4v) is 5.69. The molecule has 0 unspecified atom stereocenters. The lowest BCUT2D eigenvalue weighted by Crippen LogP contribution is -2.40.